The van der Waals surface area contributed by atoms with Gasteiger partial charge in [0.1, 0.15) is 11.4 Å². The molecule has 134 valence electrons. The molecule has 0 aliphatic rings. The van der Waals surface area contributed by atoms with E-state index in [1.165, 1.54) is 12.1 Å². The normalized spacial score (nSPS) is 12.5. The molecule has 0 aliphatic carbocycles. The third-order valence-corrected chi connectivity index (χ3v) is 3.52. The van der Waals surface area contributed by atoms with Gasteiger partial charge in [-0.3, -0.25) is 4.79 Å². The van der Waals surface area contributed by atoms with Crippen LogP contribution in [0.25, 0.3) is 0 Å². The van der Waals surface area contributed by atoms with E-state index in [0.717, 1.165) is 0 Å². The van der Waals surface area contributed by atoms with E-state index in [0.29, 0.717) is 24.9 Å². The Morgan fingerprint density at radius 1 is 1.38 bits per heavy atom. The molecule has 1 unspecified atom stereocenters. The summed E-state index contributed by atoms with van der Waals surface area (Å²) in [5, 5.41) is 11.9. The third kappa shape index (κ3) is 7.64. The number of amides is 1. The number of hydrogen-bond acceptors (Lipinski definition) is 3. The minimum atomic E-state index is -0.956. The monoisotopic (exact) mass is 359 g/mol. The van der Waals surface area contributed by atoms with Crippen molar-refractivity contribution in [2.75, 3.05) is 6.54 Å². The van der Waals surface area contributed by atoms with Crippen molar-refractivity contribution in [3.05, 3.63) is 34.6 Å². The SMILES string of the molecule is CC(C)(C)OC(=O)NCCCC(Cc1ccc(Cl)c(F)c1)C(=O)O. The molecule has 0 spiro atoms. The largest absolute Gasteiger partial charge is 0.481 e. The van der Waals surface area contributed by atoms with Crippen LogP contribution in [0.15, 0.2) is 18.2 Å². The molecule has 0 bridgehead atoms. The van der Waals surface area contributed by atoms with Gasteiger partial charge >= 0.3 is 12.1 Å². The van der Waals surface area contributed by atoms with Gasteiger partial charge in [-0.05, 0) is 57.7 Å². The summed E-state index contributed by atoms with van der Waals surface area (Å²) < 4.78 is 18.5. The lowest BCUT2D eigenvalue weighted by atomic mass is 9.95. The van der Waals surface area contributed by atoms with Crippen molar-refractivity contribution in [2.24, 2.45) is 5.92 Å². The molecule has 0 fully saturated rings. The molecule has 0 aliphatic heterocycles. The second-order valence-electron chi connectivity index (χ2n) is 6.56. The molecule has 0 heterocycles. The first-order valence-electron chi connectivity index (χ1n) is 7.72. The summed E-state index contributed by atoms with van der Waals surface area (Å²) in [5.74, 6) is -2.18. The summed E-state index contributed by atoms with van der Waals surface area (Å²) in [4.78, 5) is 22.8. The van der Waals surface area contributed by atoms with Gasteiger partial charge in [0.05, 0.1) is 10.9 Å². The predicted octanol–water partition coefficient (Wildman–Crippen LogP) is 4.03. The van der Waals surface area contributed by atoms with Crippen LogP contribution < -0.4 is 5.32 Å². The highest BCUT2D eigenvalue weighted by molar-refractivity contribution is 6.30. The Hall–Kier alpha value is -1.82. The maximum Gasteiger partial charge on any atom is 0.407 e. The Balaban J connectivity index is 2.45. The number of halogens is 2. The highest BCUT2D eigenvalue weighted by Gasteiger charge is 2.19. The lowest BCUT2D eigenvalue weighted by Gasteiger charge is -2.20. The zero-order valence-electron chi connectivity index (χ0n) is 14.1. The summed E-state index contributed by atoms with van der Waals surface area (Å²) in [6.45, 7) is 5.60. The maximum absolute atomic E-state index is 13.4. The van der Waals surface area contributed by atoms with Gasteiger partial charge in [0.25, 0.3) is 0 Å². The van der Waals surface area contributed by atoms with E-state index in [1.807, 2.05) is 0 Å². The highest BCUT2D eigenvalue weighted by Crippen LogP contribution is 2.20. The Labute approximate surface area is 146 Å². The van der Waals surface area contributed by atoms with Crippen molar-refractivity contribution in [2.45, 2.75) is 45.6 Å². The molecule has 0 radical (unpaired) electrons. The molecule has 1 atom stereocenters. The molecular weight excluding hydrogens is 337 g/mol. The van der Waals surface area contributed by atoms with Crippen molar-refractivity contribution in [3.63, 3.8) is 0 Å². The van der Waals surface area contributed by atoms with Gasteiger partial charge in [-0.1, -0.05) is 17.7 Å². The number of nitrogens with one attached hydrogen (secondary N) is 1. The maximum atomic E-state index is 13.4. The molecule has 24 heavy (non-hydrogen) atoms. The lowest BCUT2D eigenvalue weighted by Crippen LogP contribution is -2.33. The number of benzene rings is 1. The molecule has 2 N–H and O–H groups in total. The van der Waals surface area contributed by atoms with Crippen molar-refractivity contribution in [1.82, 2.24) is 5.32 Å². The Bertz CT molecular complexity index is 586. The Kier molecular flexibility index (Phi) is 7.48. The van der Waals surface area contributed by atoms with Crippen molar-refractivity contribution >= 4 is 23.7 Å². The summed E-state index contributed by atoms with van der Waals surface area (Å²) in [7, 11) is 0. The number of ether oxygens (including phenoxy) is 1. The summed E-state index contributed by atoms with van der Waals surface area (Å²) >= 11 is 5.61. The zero-order chi connectivity index (χ0) is 18.3. The van der Waals surface area contributed by atoms with E-state index in [1.54, 1.807) is 26.8 Å². The van der Waals surface area contributed by atoms with Crippen LogP contribution in [0.2, 0.25) is 5.02 Å². The number of aliphatic carboxylic acids is 1. The summed E-state index contributed by atoms with van der Waals surface area (Å²) in [5.41, 5.74) is -0.00352. The first-order valence-corrected chi connectivity index (χ1v) is 8.10. The van der Waals surface area contributed by atoms with E-state index >= 15 is 0 Å². The average molecular weight is 360 g/mol. The fraction of sp³-hybridized carbons (Fsp3) is 0.529. The summed E-state index contributed by atoms with van der Waals surface area (Å²) in [6.07, 6.45) is 0.506. The molecule has 0 saturated heterocycles. The van der Waals surface area contributed by atoms with Crippen LogP contribution in [-0.2, 0) is 16.0 Å². The molecule has 0 saturated carbocycles. The van der Waals surface area contributed by atoms with Crippen LogP contribution >= 0.6 is 11.6 Å². The third-order valence-electron chi connectivity index (χ3n) is 3.21. The number of hydrogen-bond donors (Lipinski definition) is 2. The number of carbonyl (C=O) groups excluding carboxylic acids is 1. The van der Waals surface area contributed by atoms with Crippen molar-refractivity contribution in [3.8, 4) is 0 Å². The van der Waals surface area contributed by atoms with Crippen LogP contribution in [0, 0.1) is 11.7 Å². The molecule has 1 amide bonds. The molecule has 1 aromatic carbocycles. The zero-order valence-corrected chi connectivity index (χ0v) is 14.8. The van der Waals surface area contributed by atoms with Crippen LogP contribution in [-0.4, -0.2) is 29.3 Å². The fourth-order valence-electron chi connectivity index (χ4n) is 2.12. The topological polar surface area (TPSA) is 75.6 Å². The van der Waals surface area contributed by atoms with E-state index in [9.17, 15) is 19.1 Å². The van der Waals surface area contributed by atoms with Crippen molar-refractivity contribution in [1.29, 1.82) is 0 Å². The number of carbonyl (C=O) groups is 2. The van der Waals surface area contributed by atoms with Gasteiger partial charge in [0, 0.05) is 6.54 Å². The first kappa shape index (κ1) is 20.2. The van der Waals surface area contributed by atoms with Gasteiger partial charge in [-0.25, -0.2) is 9.18 Å². The minimum Gasteiger partial charge on any atom is -0.481 e. The highest BCUT2D eigenvalue weighted by atomic mass is 35.5. The van der Waals surface area contributed by atoms with Gasteiger partial charge in [0.15, 0.2) is 0 Å². The van der Waals surface area contributed by atoms with E-state index in [4.69, 9.17) is 16.3 Å². The van der Waals surface area contributed by atoms with Crippen LogP contribution in [0.3, 0.4) is 0 Å². The Morgan fingerprint density at radius 3 is 2.58 bits per heavy atom. The predicted molar refractivity (Wildman–Crippen MR) is 89.7 cm³/mol. The minimum absolute atomic E-state index is 0.00665. The molecule has 5 nitrogen and oxygen atoms in total. The first-order chi connectivity index (χ1) is 11.1. The number of alkyl carbamates (subject to hydrolysis) is 1. The second kappa shape index (κ2) is 8.87. The molecular formula is C17H23ClFNO4. The lowest BCUT2D eigenvalue weighted by molar-refractivity contribution is -0.141. The average Bonchev–Trinajstić information content (AvgIpc) is 2.43. The number of carboxylic acids is 1. The molecule has 0 aromatic heterocycles. The van der Waals surface area contributed by atoms with E-state index < -0.39 is 29.4 Å². The van der Waals surface area contributed by atoms with Crippen molar-refractivity contribution < 1.29 is 23.8 Å². The molecule has 1 aromatic rings. The summed E-state index contributed by atoms with van der Waals surface area (Å²) in [6, 6.07) is 4.27. The Morgan fingerprint density at radius 2 is 2.04 bits per heavy atom. The number of carboxylic acid groups (broad SMARTS) is 1. The van der Waals surface area contributed by atoms with E-state index in [-0.39, 0.29) is 11.4 Å². The molecule has 7 heteroatoms. The van der Waals surface area contributed by atoms with Gasteiger partial charge < -0.3 is 15.2 Å². The quantitative estimate of drug-likeness (QED) is 0.721. The van der Waals surface area contributed by atoms with Crippen LogP contribution in [0.5, 0.6) is 0 Å². The van der Waals surface area contributed by atoms with Gasteiger partial charge in [0.2, 0.25) is 0 Å². The van der Waals surface area contributed by atoms with Crippen LogP contribution in [0.4, 0.5) is 9.18 Å². The van der Waals surface area contributed by atoms with Gasteiger partial charge in [-0.15, -0.1) is 0 Å². The fourth-order valence-corrected chi connectivity index (χ4v) is 2.23. The second-order valence-corrected chi connectivity index (χ2v) is 6.97. The number of rotatable bonds is 7. The van der Waals surface area contributed by atoms with Crippen LogP contribution in [0.1, 0.15) is 39.2 Å². The molecule has 1 rings (SSSR count). The van der Waals surface area contributed by atoms with E-state index in [2.05, 4.69) is 5.32 Å². The standard InChI is InChI=1S/C17H23ClFNO4/c1-17(2,3)24-16(23)20-8-4-5-12(15(21)22)9-11-6-7-13(18)14(19)10-11/h6-7,10,12H,4-5,8-9H2,1-3H3,(H,20,23)(H,21,22). The van der Waals surface area contributed by atoms with Gasteiger partial charge in [-0.2, -0.15) is 0 Å². The smallest absolute Gasteiger partial charge is 0.407 e.